The van der Waals surface area contributed by atoms with Gasteiger partial charge in [-0.3, -0.25) is 4.79 Å². The fourth-order valence-electron chi connectivity index (χ4n) is 2.22. The van der Waals surface area contributed by atoms with Gasteiger partial charge in [-0.1, -0.05) is 31.2 Å². The highest BCUT2D eigenvalue weighted by Crippen LogP contribution is 2.14. The molecule has 0 unspecified atom stereocenters. The van der Waals surface area contributed by atoms with Gasteiger partial charge in [0.05, 0.1) is 6.61 Å². The second kappa shape index (κ2) is 8.23. The predicted octanol–water partition coefficient (Wildman–Crippen LogP) is 4.22. The van der Waals surface area contributed by atoms with Gasteiger partial charge in [-0.2, -0.15) is 0 Å². The van der Waals surface area contributed by atoms with Crippen LogP contribution in [0.3, 0.4) is 0 Å². The van der Waals surface area contributed by atoms with Crippen molar-refractivity contribution in [1.82, 2.24) is 0 Å². The molecule has 22 heavy (non-hydrogen) atoms. The second-order valence-corrected chi connectivity index (χ2v) is 5.18. The molecule has 3 nitrogen and oxygen atoms in total. The van der Waals surface area contributed by atoms with Crippen LogP contribution in [0.5, 0.6) is 5.75 Å². The first kappa shape index (κ1) is 16.1. The van der Waals surface area contributed by atoms with Crippen LogP contribution in [0.2, 0.25) is 0 Å². The number of hydrogen-bond acceptors (Lipinski definition) is 2. The zero-order chi connectivity index (χ0) is 15.8. The summed E-state index contributed by atoms with van der Waals surface area (Å²) in [4.78, 5) is 12.0. The molecule has 0 fully saturated rings. The Labute approximate surface area is 132 Å². The van der Waals surface area contributed by atoms with Gasteiger partial charge in [-0.05, 0) is 55.2 Å². The molecule has 116 valence electrons. The van der Waals surface area contributed by atoms with Crippen LogP contribution in [0, 0.1) is 0 Å². The van der Waals surface area contributed by atoms with Crippen molar-refractivity contribution in [2.45, 2.75) is 33.1 Å². The maximum absolute atomic E-state index is 12.0. The SMILES string of the molecule is CCOc1ccc(CCC(=O)Nc2ccc(CC)cc2)cc1. The van der Waals surface area contributed by atoms with E-state index in [-0.39, 0.29) is 5.91 Å². The van der Waals surface area contributed by atoms with E-state index in [0.29, 0.717) is 13.0 Å². The van der Waals surface area contributed by atoms with Crippen molar-refractivity contribution < 1.29 is 9.53 Å². The van der Waals surface area contributed by atoms with E-state index in [2.05, 4.69) is 12.2 Å². The first-order chi connectivity index (χ1) is 10.7. The maximum atomic E-state index is 12.0. The highest BCUT2D eigenvalue weighted by atomic mass is 16.5. The number of hydrogen-bond donors (Lipinski definition) is 1. The van der Waals surface area contributed by atoms with Crippen molar-refractivity contribution in [3.63, 3.8) is 0 Å². The van der Waals surface area contributed by atoms with Gasteiger partial charge >= 0.3 is 0 Å². The molecular weight excluding hydrogens is 274 g/mol. The smallest absolute Gasteiger partial charge is 0.224 e. The molecule has 0 aliphatic rings. The van der Waals surface area contributed by atoms with E-state index >= 15 is 0 Å². The lowest BCUT2D eigenvalue weighted by molar-refractivity contribution is -0.116. The largest absolute Gasteiger partial charge is 0.494 e. The summed E-state index contributed by atoms with van der Waals surface area (Å²) >= 11 is 0. The summed E-state index contributed by atoms with van der Waals surface area (Å²) in [5.41, 5.74) is 3.27. The molecule has 2 rings (SSSR count). The number of nitrogens with one attached hydrogen (secondary N) is 1. The quantitative estimate of drug-likeness (QED) is 0.831. The van der Waals surface area contributed by atoms with E-state index in [9.17, 15) is 4.79 Å². The molecule has 0 atom stereocenters. The summed E-state index contributed by atoms with van der Waals surface area (Å²) in [6, 6.07) is 15.9. The highest BCUT2D eigenvalue weighted by Gasteiger charge is 2.04. The molecular formula is C19H23NO2. The van der Waals surface area contributed by atoms with Crippen molar-refractivity contribution >= 4 is 11.6 Å². The zero-order valence-corrected chi connectivity index (χ0v) is 13.3. The highest BCUT2D eigenvalue weighted by molar-refractivity contribution is 5.90. The number of anilines is 1. The summed E-state index contributed by atoms with van der Waals surface area (Å²) in [5.74, 6) is 0.907. The Balaban J connectivity index is 1.81. The minimum atomic E-state index is 0.0399. The average molecular weight is 297 g/mol. The van der Waals surface area contributed by atoms with Crippen LogP contribution in [0.1, 0.15) is 31.4 Å². The van der Waals surface area contributed by atoms with Crippen LogP contribution in [-0.2, 0) is 17.6 Å². The van der Waals surface area contributed by atoms with Gasteiger partial charge in [0.1, 0.15) is 5.75 Å². The van der Waals surface area contributed by atoms with Crippen molar-refractivity contribution in [3.8, 4) is 5.75 Å². The summed E-state index contributed by atoms with van der Waals surface area (Å²) in [5, 5.41) is 2.93. The average Bonchev–Trinajstić information content (AvgIpc) is 2.55. The van der Waals surface area contributed by atoms with Crippen LogP contribution in [0.4, 0.5) is 5.69 Å². The third-order valence-corrected chi connectivity index (χ3v) is 3.52. The third kappa shape index (κ3) is 4.92. The molecule has 0 saturated heterocycles. The number of amides is 1. The first-order valence-corrected chi connectivity index (χ1v) is 7.81. The molecule has 0 aliphatic heterocycles. The molecule has 3 heteroatoms. The number of carbonyl (C=O) groups is 1. The standard InChI is InChI=1S/C19H23NO2/c1-3-15-5-10-17(11-6-15)20-19(21)14-9-16-7-12-18(13-8-16)22-4-2/h5-8,10-13H,3-4,9,14H2,1-2H3,(H,20,21). The Hall–Kier alpha value is -2.29. The lowest BCUT2D eigenvalue weighted by Crippen LogP contribution is -2.12. The number of rotatable bonds is 7. The summed E-state index contributed by atoms with van der Waals surface area (Å²) in [7, 11) is 0. The molecule has 0 aromatic heterocycles. The van der Waals surface area contributed by atoms with Gasteiger partial charge in [0.15, 0.2) is 0 Å². The number of benzene rings is 2. The van der Waals surface area contributed by atoms with Crippen LogP contribution in [-0.4, -0.2) is 12.5 Å². The lowest BCUT2D eigenvalue weighted by atomic mass is 10.1. The van der Waals surface area contributed by atoms with Gasteiger partial charge in [-0.25, -0.2) is 0 Å². The second-order valence-electron chi connectivity index (χ2n) is 5.18. The fourth-order valence-corrected chi connectivity index (χ4v) is 2.22. The van der Waals surface area contributed by atoms with Crippen LogP contribution in [0.15, 0.2) is 48.5 Å². The van der Waals surface area contributed by atoms with Gasteiger partial charge in [0.2, 0.25) is 5.91 Å². The summed E-state index contributed by atoms with van der Waals surface area (Å²) in [6.07, 6.45) is 2.21. The molecule has 0 spiro atoms. The van der Waals surface area contributed by atoms with E-state index in [1.165, 1.54) is 5.56 Å². The van der Waals surface area contributed by atoms with E-state index < -0.39 is 0 Å². The van der Waals surface area contributed by atoms with Crippen molar-refractivity contribution in [2.24, 2.45) is 0 Å². The number of carbonyl (C=O) groups excluding carboxylic acids is 1. The van der Waals surface area contributed by atoms with Gasteiger partial charge in [0.25, 0.3) is 0 Å². The molecule has 0 saturated carbocycles. The molecule has 1 N–H and O–H groups in total. The van der Waals surface area contributed by atoms with Crippen molar-refractivity contribution in [3.05, 3.63) is 59.7 Å². The minimum Gasteiger partial charge on any atom is -0.494 e. The Bertz CT molecular complexity index is 588. The third-order valence-electron chi connectivity index (χ3n) is 3.52. The fraction of sp³-hybridized carbons (Fsp3) is 0.316. The monoisotopic (exact) mass is 297 g/mol. The van der Waals surface area contributed by atoms with Crippen LogP contribution in [0.25, 0.3) is 0 Å². The van der Waals surface area contributed by atoms with Gasteiger partial charge < -0.3 is 10.1 Å². The van der Waals surface area contributed by atoms with Gasteiger partial charge in [-0.15, -0.1) is 0 Å². The molecule has 1 amide bonds. The Kier molecular flexibility index (Phi) is 6.01. The van der Waals surface area contributed by atoms with Crippen LogP contribution >= 0.6 is 0 Å². The lowest BCUT2D eigenvalue weighted by Gasteiger charge is -2.07. The Morgan fingerprint density at radius 3 is 2.18 bits per heavy atom. The zero-order valence-electron chi connectivity index (χ0n) is 13.3. The molecule has 0 bridgehead atoms. The molecule has 0 heterocycles. The van der Waals surface area contributed by atoms with E-state index in [1.807, 2.05) is 55.5 Å². The number of aryl methyl sites for hydroxylation is 2. The van der Waals surface area contributed by atoms with Gasteiger partial charge in [0, 0.05) is 12.1 Å². The van der Waals surface area contributed by atoms with E-state index in [4.69, 9.17) is 4.74 Å². The Morgan fingerprint density at radius 1 is 0.955 bits per heavy atom. The Morgan fingerprint density at radius 2 is 1.59 bits per heavy atom. The molecule has 0 radical (unpaired) electrons. The first-order valence-electron chi connectivity index (χ1n) is 7.81. The molecule has 2 aromatic rings. The van der Waals surface area contributed by atoms with Crippen molar-refractivity contribution in [1.29, 1.82) is 0 Å². The van der Waals surface area contributed by atoms with Crippen molar-refractivity contribution in [2.75, 3.05) is 11.9 Å². The topological polar surface area (TPSA) is 38.3 Å². The van der Waals surface area contributed by atoms with E-state index in [0.717, 1.165) is 29.8 Å². The molecule has 2 aromatic carbocycles. The molecule has 0 aliphatic carbocycles. The van der Waals surface area contributed by atoms with Crippen LogP contribution < -0.4 is 10.1 Å². The summed E-state index contributed by atoms with van der Waals surface area (Å²) < 4.78 is 5.40. The minimum absolute atomic E-state index is 0.0399. The summed E-state index contributed by atoms with van der Waals surface area (Å²) in [6.45, 7) is 4.74. The maximum Gasteiger partial charge on any atom is 0.224 e. The van der Waals surface area contributed by atoms with E-state index in [1.54, 1.807) is 0 Å². The normalized spacial score (nSPS) is 10.3. The predicted molar refractivity (Wildman–Crippen MR) is 90.4 cm³/mol. The number of ether oxygens (including phenoxy) is 1.